The first-order valence-corrected chi connectivity index (χ1v) is 7.93. The van der Waals surface area contributed by atoms with Gasteiger partial charge in [0, 0.05) is 16.9 Å². The minimum absolute atomic E-state index is 0.0857. The zero-order valence-electron chi connectivity index (χ0n) is 10.7. The Morgan fingerprint density at radius 2 is 1.96 bits per heavy atom. The second-order valence-corrected chi connectivity index (χ2v) is 6.73. The van der Waals surface area contributed by atoms with Gasteiger partial charge in [0.05, 0.1) is 5.52 Å². The van der Waals surface area contributed by atoms with Crippen LogP contribution in [0, 0.1) is 5.82 Å². The van der Waals surface area contributed by atoms with Crippen molar-refractivity contribution in [2.24, 2.45) is 0 Å². The van der Waals surface area contributed by atoms with Crippen LogP contribution in [0.25, 0.3) is 16.7 Å². The summed E-state index contributed by atoms with van der Waals surface area (Å²) >= 11 is 3.01. The van der Waals surface area contributed by atoms with Gasteiger partial charge in [0.15, 0.2) is 5.82 Å². The third kappa shape index (κ3) is 2.61. The Morgan fingerprint density at radius 3 is 2.61 bits per heavy atom. The molecule has 0 atom stereocenters. The van der Waals surface area contributed by atoms with Gasteiger partial charge < -0.3 is 4.18 Å². The Kier molecular flexibility index (Phi) is 3.48. The molecule has 12 heteroatoms. The lowest BCUT2D eigenvalue weighted by atomic mass is 10.3. The molecule has 0 bridgehead atoms. The summed E-state index contributed by atoms with van der Waals surface area (Å²) in [4.78, 5) is 7.31. The number of alkyl halides is 3. The molecular weight excluding hydrogens is 410 g/mol. The maximum Gasteiger partial charge on any atom is 0.534 e. The van der Waals surface area contributed by atoms with E-state index < -0.39 is 27.3 Å². The van der Waals surface area contributed by atoms with Gasteiger partial charge in [-0.15, -0.1) is 0 Å². The predicted octanol–water partition coefficient (Wildman–Crippen LogP) is 3.01. The van der Waals surface area contributed by atoms with Crippen molar-refractivity contribution in [1.82, 2.24) is 14.4 Å². The van der Waals surface area contributed by atoms with E-state index in [9.17, 15) is 26.0 Å². The first-order chi connectivity index (χ1) is 10.6. The minimum atomic E-state index is -5.93. The molecule has 0 fully saturated rings. The van der Waals surface area contributed by atoms with E-state index in [1.54, 1.807) is 0 Å². The van der Waals surface area contributed by atoms with Gasteiger partial charge in [-0.2, -0.15) is 21.6 Å². The Hall–Kier alpha value is -1.95. The number of hydrogen-bond acceptors (Lipinski definition) is 5. The third-order valence-electron chi connectivity index (χ3n) is 2.78. The molecule has 1 aromatic carbocycles. The highest BCUT2D eigenvalue weighted by Crippen LogP contribution is 2.31. The summed E-state index contributed by atoms with van der Waals surface area (Å²) in [5.41, 5.74) is -6.20. The van der Waals surface area contributed by atoms with E-state index in [-0.39, 0.29) is 21.2 Å². The second kappa shape index (κ2) is 5.03. The Bertz CT molecular complexity index is 1030. The van der Waals surface area contributed by atoms with Gasteiger partial charge in [-0.1, -0.05) is 15.9 Å². The van der Waals surface area contributed by atoms with E-state index in [0.717, 1.165) is 16.7 Å². The van der Waals surface area contributed by atoms with E-state index in [4.69, 9.17) is 0 Å². The number of imidazole rings is 1. The van der Waals surface area contributed by atoms with Crippen LogP contribution in [0.2, 0.25) is 0 Å². The lowest BCUT2D eigenvalue weighted by molar-refractivity contribution is -0.0500. The summed E-state index contributed by atoms with van der Waals surface area (Å²) in [6.45, 7) is 0. The summed E-state index contributed by atoms with van der Waals surface area (Å²) in [5, 5.41) is 0. The molecule has 0 saturated heterocycles. The lowest BCUT2D eigenvalue weighted by Crippen LogP contribution is -2.28. The fourth-order valence-corrected chi connectivity index (χ4v) is 2.72. The molecule has 0 amide bonds. The van der Waals surface area contributed by atoms with Gasteiger partial charge in [0.25, 0.3) is 5.88 Å². The van der Waals surface area contributed by atoms with Crippen LogP contribution in [0.3, 0.4) is 0 Å². The van der Waals surface area contributed by atoms with E-state index in [0.29, 0.717) is 0 Å². The van der Waals surface area contributed by atoms with Crippen molar-refractivity contribution in [1.29, 1.82) is 0 Å². The number of hydrogen-bond donors (Lipinski definition) is 0. The molecule has 0 aliphatic heterocycles. The summed E-state index contributed by atoms with van der Waals surface area (Å²) in [6.07, 6.45) is 2.38. The van der Waals surface area contributed by atoms with Crippen LogP contribution in [-0.2, 0) is 10.1 Å². The lowest BCUT2D eigenvalue weighted by Gasteiger charge is -2.11. The van der Waals surface area contributed by atoms with Crippen LogP contribution < -0.4 is 4.18 Å². The zero-order chi connectivity index (χ0) is 17.0. The molecule has 0 saturated carbocycles. The van der Waals surface area contributed by atoms with Gasteiger partial charge >= 0.3 is 15.6 Å². The molecular formula is C11H4BrF4N3O3S. The van der Waals surface area contributed by atoms with Gasteiger partial charge in [0.2, 0.25) is 5.65 Å². The van der Waals surface area contributed by atoms with E-state index in [1.165, 1.54) is 12.3 Å². The highest BCUT2D eigenvalue weighted by molar-refractivity contribution is 9.10. The number of benzene rings is 1. The highest BCUT2D eigenvalue weighted by atomic mass is 79.9. The molecule has 0 aliphatic rings. The Morgan fingerprint density at radius 1 is 1.26 bits per heavy atom. The minimum Gasteiger partial charge on any atom is -0.351 e. The Labute approximate surface area is 134 Å². The number of rotatable bonds is 2. The van der Waals surface area contributed by atoms with E-state index >= 15 is 0 Å². The largest absolute Gasteiger partial charge is 0.534 e. The number of aromatic nitrogens is 3. The maximum atomic E-state index is 14.1. The zero-order valence-corrected chi connectivity index (χ0v) is 13.1. The maximum absolute atomic E-state index is 14.1. The number of halogens is 5. The van der Waals surface area contributed by atoms with Crippen molar-refractivity contribution < 1.29 is 30.2 Å². The summed E-state index contributed by atoms with van der Waals surface area (Å²) in [7, 11) is -5.93. The standard InChI is InChI=1S/C11H4BrF4N3O3S/c12-5-3-6(13)8-7(4-5)18-10(9-17-1-2-19(8)9)22-23(20,21)11(14,15)16/h1-4H. The fraction of sp³-hybridized carbons (Fsp3) is 0.0909. The SMILES string of the molecule is O=S(=O)(Oc1nc2cc(Br)cc(F)c2n2ccnc12)C(F)(F)F. The fourth-order valence-electron chi connectivity index (χ4n) is 1.88. The van der Waals surface area contributed by atoms with Crippen molar-refractivity contribution in [3.8, 4) is 5.88 Å². The molecule has 0 spiro atoms. The van der Waals surface area contributed by atoms with Gasteiger partial charge in [-0.3, -0.25) is 4.40 Å². The quantitative estimate of drug-likeness (QED) is 0.366. The topological polar surface area (TPSA) is 73.6 Å². The summed E-state index contributed by atoms with van der Waals surface area (Å²) in [5.74, 6) is -1.63. The van der Waals surface area contributed by atoms with Crippen LogP contribution in [-0.4, -0.2) is 28.3 Å². The van der Waals surface area contributed by atoms with E-state index in [2.05, 4.69) is 30.1 Å². The predicted molar refractivity (Wildman–Crippen MR) is 73.8 cm³/mol. The molecule has 23 heavy (non-hydrogen) atoms. The molecule has 2 heterocycles. The molecule has 0 aliphatic carbocycles. The van der Waals surface area contributed by atoms with Crippen LogP contribution >= 0.6 is 15.9 Å². The third-order valence-corrected chi connectivity index (χ3v) is 4.18. The molecule has 0 radical (unpaired) electrons. The summed E-state index contributed by atoms with van der Waals surface area (Å²) < 4.78 is 79.1. The molecule has 6 nitrogen and oxygen atoms in total. The van der Waals surface area contributed by atoms with E-state index in [1.807, 2.05) is 0 Å². The molecule has 3 rings (SSSR count). The smallest absolute Gasteiger partial charge is 0.351 e. The summed E-state index contributed by atoms with van der Waals surface area (Å²) in [6, 6.07) is 2.42. The Balaban J connectivity index is 2.31. The van der Waals surface area contributed by atoms with Gasteiger partial charge in [-0.05, 0) is 12.1 Å². The molecule has 122 valence electrons. The van der Waals surface area contributed by atoms with Crippen molar-refractivity contribution in [3.05, 3.63) is 34.8 Å². The van der Waals surface area contributed by atoms with Crippen molar-refractivity contribution in [2.45, 2.75) is 5.51 Å². The molecule has 3 aromatic rings. The van der Waals surface area contributed by atoms with Crippen LogP contribution in [0.1, 0.15) is 0 Å². The van der Waals surface area contributed by atoms with Crippen molar-refractivity contribution in [3.63, 3.8) is 0 Å². The first kappa shape index (κ1) is 15.9. The second-order valence-electron chi connectivity index (χ2n) is 4.28. The molecule has 0 unspecified atom stereocenters. The number of fused-ring (bicyclic) bond motifs is 3. The van der Waals surface area contributed by atoms with Crippen molar-refractivity contribution >= 4 is 42.7 Å². The average Bonchev–Trinajstić information content (AvgIpc) is 2.85. The van der Waals surface area contributed by atoms with Crippen molar-refractivity contribution in [2.75, 3.05) is 0 Å². The average molecular weight is 414 g/mol. The van der Waals surface area contributed by atoms with Gasteiger partial charge in [0.1, 0.15) is 5.52 Å². The molecule has 0 N–H and O–H groups in total. The first-order valence-electron chi connectivity index (χ1n) is 5.73. The molecule has 2 aromatic heterocycles. The highest BCUT2D eigenvalue weighted by Gasteiger charge is 2.49. The van der Waals surface area contributed by atoms with Crippen LogP contribution in [0.5, 0.6) is 5.88 Å². The monoisotopic (exact) mass is 413 g/mol. The normalized spacial score (nSPS) is 12.9. The van der Waals surface area contributed by atoms with Crippen LogP contribution in [0.15, 0.2) is 29.0 Å². The van der Waals surface area contributed by atoms with Gasteiger partial charge in [-0.25, -0.2) is 14.4 Å². The number of nitrogens with zero attached hydrogens (tertiary/aromatic N) is 3. The van der Waals surface area contributed by atoms with Crippen LogP contribution in [0.4, 0.5) is 17.6 Å².